The zero-order chi connectivity index (χ0) is 15.5. The number of amides is 1. The van der Waals surface area contributed by atoms with E-state index in [-0.39, 0.29) is 12.5 Å². The van der Waals surface area contributed by atoms with Crippen molar-refractivity contribution in [3.63, 3.8) is 0 Å². The first-order chi connectivity index (χ1) is 10.2. The molecule has 0 saturated carbocycles. The molecule has 0 bridgehead atoms. The Balaban J connectivity index is 2.32. The number of likely N-dealkylation sites (N-methyl/N-ethyl adjacent to an activating group) is 1. The van der Waals surface area contributed by atoms with Gasteiger partial charge in [-0.1, -0.05) is 19.1 Å². The van der Waals surface area contributed by atoms with Crippen LogP contribution in [0.3, 0.4) is 0 Å². The van der Waals surface area contributed by atoms with Crippen molar-refractivity contribution in [2.45, 2.75) is 26.3 Å². The third-order valence-corrected chi connectivity index (χ3v) is 3.02. The Labute approximate surface area is 127 Å². The lowest BCUT2D eigenvalue weighted by atomic mass is 10.1. The third-order valence-electron chi connectivity index (χ3n) is 3.02. The number of nitrogens with one attached hydrogen (secondary N) is 2. The van der Waals surface area contributed by atoms with E-state index in [0.29, 0.717) is 24.9 Å². The first kappa shape index (κ1) is 17.5. The molecule has 0 saturated heterocycles. The van der Waals surface area contributed by atoms with E-state index in [4.69, 9.17) is 9.47 Å². The first-order valence-corrected chi connectivity index (χ1v) is 7.36. The van der Waals surface area contributed by atoms with Crippen molar-refractivity contribution in [1.29, 1.82) is 0 Å². The van der Waals surface area contributed by atoms with Gasteiger partial charge in [0.25, 0.3) is 5.91 Å². The van der Waals surface area contributed by atoms with Crippen molar-refractivity contribution < 1.29 is 14.3 Å². The van der Waals surface area contributed by atoms with E-state index >= 15 is 0 Å². The van der Waals surface area contributed by atoms with Crippen LogP contribution >= 0.6 is 0 Å². The number of carbonyl (C=O) groups excluding carboxylic acids is 1. The lowest BCUT2D eigenvalue weighted by Crippen LogP contribution is -2.31. The molecule has 1 aromatic carbocycles. The van der Waals surface area contributed by atoms with Crippen molar-refractivity contribution in [1.82, 2.24) is 10.6 Å². The summed E-state index contributed by atoms with van der Waals surface area (Å²) in [5, 5.41) is 6.09. The Morgan fingerprint density at radius 3 is 2.62 bits per heavy atom. The summed E-state index contributed by atoms with van der Waals surface area (Å²) in [6, 6.07) is 8.32. The minimum Gasteiger partial charge on any atom is -0.484 e. The number of carbonyl (C=O) groups is 1. The molecule has 1 unspecified atom stereocenters. The maximum atomic E-state index is 11.5. The van der Waals surface area contributed by atoms with Crippen molar-refractivity contribution in [3.05, 3.63) is 29.8 Å². The van der Waals surface area contributed by atoms with Crippen LogP contribution in [-0.2, 0) is 16.0 Å². The fourth-order valence-corrected chi connectivity index (χ4v) is 1.99. The summed E-state index contributed by atoms with van der Waals surface area (Å²) in [6.45, 7) is 6.27. The number of benzene rings is 1. The molecule has 0 radical (unpaired) electrons. The van der Waals surface area contributed by atoms with Crippen LogP contribution in [0.5, 0.6) is 5.75 Å². The van der Waals surface area contributed by atoms with Gasteiger partial charge in [0, 0.05) is 19.7 Å². The SMILES string of the molecule is CCNC(C)Cc1ccc(OCC(=O)NCCOC)cc1. The van der Waals surface area contributed by atoms with Gasteiger partial charge in [0.2, 0.25) is 0 Å². The summed E-state index contributed by atoms with van der Waals surface area (Å²) in [5.74, 6) is 0.564. The van der Waals surface area contributed by atoms with Crippen molar-refractivity contribution in [2.75, 3.05) is 33.4 Å². The molecule has 2 N–H and O–H groups in total. The summed E-state index contributed by atoms with van der Waals surface area (Å²) >= 11 is 0. The minimum atomic E-state index is -0.142. The molecule has 0 aliphatic heterocycles. The Hall–Kier alpha value is -1.59. The van der Waals surface area contributed by atoms with Crippen LogP contribution in [0.25, 0.3) is 0 Å². The number of hydrogen-bond acceptors (Lipinski definition) is 4. The third kappa shape index (κ3) is 7.68. The Bertz CT molecular complexity index is 406. The molecule has 5 nitrogen and oxygen atoms in total. The monoisotopic (exact) mass is 294 g/mol. The number of ether oxygens (including phenoxy) is 2. The normalized spacial score (nSPS) is 12.0. The molecule has 1 amide bonds. The highest BCUT2D eigenvalue weighted by Crippen LogP contribution is 2.13. The maximum absolute atomic E-state index is 11.5. The van der Waals surface area contributed by atoms with Gasteiger partial charge < -0.3 is 20.1 Å². The molecule has 0 spiro atoms. The quantitative estimate of drug-likeness (QED) is 0.640. The molecule has 118 valence electrons. The second-order valence-corrected chi connectivity index (χ2v) is 4.94. The van der Waals surface area contributed by atoms with Gasteiger partial charge in [-0.05, 0) is 37.6 Å². The smallest absolute Gasteiger partial charge is 0.258 e. The van der Waals surface area contributed by atoms with Crippen LogP contribution in [-0.4, -0.2) is 45.4 Å². The highest BCUT2D eigenvalue weighted by atomic mass is 16.5. The van der Waals surface area contributed by atoms with Crippen molar-refractivity contribution in [2.24, 2.45) is 0 Å². The molecule has 5 heteroatoms. The predicted molar refractivity (Wildman–Crippen MR) is 83.7 cm³/mol. The van der Waals surface area contributed by atoms with E-state index < -0.39 is 0 Å². The zero-order valence-corrected chi connectivity index (χ0v) is 13.1. The fourth-order valence-electron chi connectivity index (χ4n) is 1.99. The highest BCUT2D eigenvalue weighted by molar-refractivity contribution is 5.77. The average molecular weight is 294 g/mol. The lowest BCUT2D eigenvalue weighted by Gasteiger charge is -2.12. The standard InChI is InChI=1S/C16H26N2O3/c1-4-17-13(2)11-14-5-7-15(8-6-14)21-12-16(19)18-9-10-20-3/h5-8,13,17H,4,9-12H2,1-3H3,(H,18,19). The summed E-state index contributed by atoms with van der Waals surface area (Å²) < 4.78 is 10.3. The first-order valence-electron chi connectivity index (χ1n) is 7.36. The Morgan fingerprint density at radius 1 is 1.29 bits per heavy atom. The van der Waals surface area contributed by atoms with E-state index in [1.807, 2.05) is 24.3 Å². The molecule has 1 atom stereocenters. The summed E-state index contributed by atoms with van der Waals surface area (Å²) in [5.41, 5.74) is 1.25. The van der Waals surface area contributed by atoms with E-state index in [9.17, 15) is 4.79 Å². The molecular weight excluding hydrogens is 268 g/mol. The number of hydrogen-bond donors (Lipinski definition) is 2. The van der Waals surface area contributed by atoms with E-state index in [2.05, 4.69) is 24.5 Å². The van der Waals surface area contributed by atoms with Gasteiger partial charge in [0.1, 0.15) is 5.75 Å². The molecule has 0 heterocycles. The minimum absolute atomic E-state index is 0.0247. The van der Waals surface area contributed by atoms with Gasteiger partial charge in [-0.25, -0.2) is 0 Å². The van der Waals surface area contributed by atoms with Crippen LogP contribution in [0.1, 0.15) is 19.4 Å². The summed E-state index contributed by atoms with van der Waals surface area (Å²) in [4.78, 5) is 11.5. The van der Waals surface area contributed by atoms with Crippen LogP contribution < -0.4 is 15.4 Å². The molecule has 0 fully saturated rings. The zero-order valence-electron chi connectivity index (χ0n) is 13.1. The molecule has 0 aliphatic carbocycles. The molecule has 0 aliphatic rings. The fraction of sp³-hybridized carbons (Fsp3) is 0.562. The number of rotatable bonds is 10. The molecular formula is C16H26N2O3. The number of methoxy groups -OCH3 is 1. The van der Waals surface area contributed by atoms with Crippen molar-refractivity contribution >= 4 is 5.91 Å². The average Bonchev–Trinajstić information content (AvgIpc) is 2.47. The van der Waals surface area contributed by atoms with Crippen LogP contribution in [0.4, 0.5) is 0 Å². The molecule has 21 heavy (non-hydrogen) atoms. The molecule has 0 aromatic heterocycles. The maximum Gasteiger partial charge on any atom is 0.258 e. The largest absolute Gasteiger partial charge is 0.484 e. The van der Waals surface area contributed by atoms with Gasteiger partial charge >= 0.3 is 0 Å². The van der Waals surface area contributed by atoms with Gasteiger partial charge in [-0.15, -0.1) is 0 Å². The molecule has 1 aromatic rings. The van der Waals surface area contributed by atoms with Gasteiger partial charge in [-0.2, -0.15) is 0 Å². The summed E-state index contributed by atoms with van der Waals surface area (Å²) in [7, 11) is 1.60. The van der Waals surface area contributed by atoms with Crippen LogP contribution in [0.2, 0.25) is 0 Å². The molecule has 1 rings (SSSR count). The van der Waals surface area contributed by atoms with Gasteiger partial charge in [0.05, 0.1) is 6.61 Å². The van der Waals surface area contributed by atoms with Crippen molar-refractivity contribution in [3.8, 4) is 5.75 Å². The summed E-state index contributed by atoms with van der Waals surface area (Å²) in [6.07, 6.45) is 0.978. The Kier molecular flexibility index (Phi) is 8.47. The van der Waals surface area contributed by atoms with Crippen LogP contribution in [0.15, 0.2) is 24.3 Å². The van der Waals surface area contributed by atoms with Crippen LogP contribution in [0, 0.1) is 0 Å². The lowest BCUT2D eigenvalue weighted by molar-refractivity contribution is -0.123. The second-order valence-electron chi connectivity index (χ2n) is 4.94. The topological polar surface area (TPSA) is 59.6 Å². The van der Waals surface area contributed by atoms with Gasteiger partial charge in [0.15, 0.2) is 6.61 Å². The predicted octanol–water partition coefficient (Wildman–Crippen LogP) is 1.37. The van der Waals surface area contributed by atoms with Gasteiger partial charge in [-0.3, -0.25) is 4.79 Å². The van der Waals surface area contributed by atoms with E-state index in [1.165, 1.54) is 5.56 Å². The van der Waals surface area contributed by atoms with E-state index in [1.54, 1.807) is 7.11 Å². The highest BCUT2D eigenvalue weighted by Gasteiger charge is 2.04. The van der Waals surface area contributed by atoms with E-state index in [0.717, 1.165) is 13.0 Å². The second kappa shape index (κ2) is 10.2. The Morgan fingerprint density at radius 2 is 2.00 bits per heavy atom.